The van der Waals surface area contributed by atoms with Gasteiger partial charge in [0.1, 0.15) is 11.6 Å². The Kier molecular flexibility index (Phi) is 6.88. The maximum Gasteiger partial charge on any atom is 0.416 e. The quantitative estimate of drug-likeness (QED) is 0.267. The Bertz CT molecular complexity index is 1810. The monoisotopic (exact) mass is 546 g/mol. The van der Waals surface area contributed by atoms with E-state index in [1.54, 1.807) is 54.5 Å². The van der Waals surface area contributed by atoms with Gasteiger partial charge < -0.3 is 15.2 Å². The van der Waals surface area contributed by atoms with Gasteiger partial charge in [-0.25, -0.2) is 9.67 Å². The Balaban J connectivity index is 1.47. The third-order valence-corrected chi connectivity index (χ3v) is 6.62. The molecule has 0 spiro atoms. The molecule has 11 heteroatoms. The van der Waals surface area contributed by atoms with Gasteiger partial charge in [0, 0.05) is 54.1 Å². The van der Waals surface area contributed by atoms with E-state index in [9.17, 15) is 22.8 Å². The smallest absolute Gasteiger partial charge is 0.325 e. The molecule has 0 atom stereocenters. The standard InChI is InChI=1S/C29H25F3N6O2/c1-4-38-26(10-11-34-38)36-25-15-24-19(16-33-25)13-23(28(40)37(24)3)22-14-21(9-8-17(22)2)35-27(39)18-6-5-7-20(12-18)29(30,31)32/h5-16H,4H2,1-3H3,(H,33,36)(H,35,39). The summed E-state index contributed by atoms with van der Waals surface area (Å²) in [6.45, 7) is 4.49. The summed E-state index contributed by atoms with van der Waals surface area (Å²) in [6, 6.07) is 14.6. The fourth-order valence-electron chi connectivity index (χ4n) is 4.48. The summed E-state index contributed by atoms with van der Waals surface area (Å²) in [6.07, 6.45) is -1.21. The highest BCUT2D eigenvalue weighted by Crippen LogP contribution is 2.31. The van der Waals surface area contributed by atoms with Crippen molar-refractivity contribution in [3.8, 4) is 11.1 Å². The van der Waals surface area contributed by atoms with Crippen LogP contribution in [0.4, 0.5) is 30.5 Å². The number of nitrogens with one attached hydrogen (secondary N) is 2. The number of halogens is 3. The number of carbonyl (C=O) groups excluding carboxylic acids is 1. The number of anilines is 3. The highest BCUT2D eigenvalue weighted by atomic mass is 19.4. The van der Waals surface area contributed by atoms with Crippen LogP contribution in [0.25, 0.3) is 22.0 Å². The Morgan fingerprint density at radius 1 is 1.02 bits per heavy atom. The van der Waals surface area contributed by atoms with E-state index >= 15 is 0 Å². The molecule has 5 rings (SSSR count). The lowest BCUT2D eigenvalue weighted by atomic mass is 9.99. The van der Waals surface area contributed by atoms with E-state index in [1.165, 1.54) is 16.7 Å². The Morgan fingerprint density at radius 3 is 2.58 bits per heavy atom. The van der Waals surface area contributed by atoms with Crippen LogP contribution in [0.3, 0.4) is 0 Å². The number of benzene rings is 2. The summed E-state index contributed by atoms with van der Waals surface area (Å²) >= 11 is 0. The summed E-state index contributed by atoms with van der Waals surface area (Å²) in [4.78, 5) is 30.7. The lowest BCUT2D eigenvalue weighted by Gasteiger charge is -2.14. The van der Waals surface area contributed by atoms with Crippen LogP contribution in [-0.2, 0) is 19.8 Å². The SMILES string of the molecule is CCn1nccc1Nc1cc2c(cn1)cc(-c1cc(NC(=O)c3cccc(C(F)(F)F)c3)ccc1C)c(=O)n2C. The van der Waals surface area contributed by atoms with Gasteiger partial charge in [0.05, 0.1) is 17.3 Å². The van der Waals surface area contributed by atoms with Gasteiger partial charge in [-0.15, -0.1) is 0 Å². The van der Waals surface area contributed by atoms with Crippen LogP contribution in [0.15, 0.2) is 77.9 Å². The van der Waals surface area contributed by atoms with E-state index in [1.807, 2.05) is 19.9 Å². The van der Waals surface area contributed by atoms with Crippen LogP contribution in [0.1, 0.15) is 28.4 Å². The van der Waals surface area contributed by atoms with Gasteiger partial charge in [0.25, 0.3) is 11.5 Å². The van der Waals surface area contributed by atoms with Crippen molar-refractivity contribution in [2.75, 3.05) is 10.6 Å². The van der Waals surface area contributed by atoms with Crippen molar-refractivity contribution in [1.82, 2.24) is 19.3 Å². The molecular weight excluding hydrogens is 521 g/mol. The molecule has 40 heavy (non-hydrogen) atoms. The number of carbonyl (C=O) groups is 1. The van der Waals surface area contributed by atoms with Crippen molar-refractivity contribution in [3.05, 3.63) is 100 Å². The number of aryl methyl sites for hydroxylation is 3. The molecule has 1 amide bonds. The Labute approximate surface area is 227 Å². The van der Waals surface area contributed by atoms with Gasteiger partial charge in [0.2, 0.25) is 0 Å². The molecule has 0 aliphatic rings. The summed E-state index contributed by atoms with van der Waals surface area (Å²) in [7, 11) is 1.67. The fourth-order valence-corrected chi connectivity index (χ4v) is 4.48. The predicted octanol–water partition coefficient (Wildman–Crippen LogP) is 6.14. The third-order valence-electron chi connectivity index (χ3n) is 6.62. The second kappa shape index (κ2) is 10.3. The predicted molar refractivity (Wildman–Crippen MR) is 148 cm³/mol. The summed E-state index contributed by atoms with van der Waals surface area (Å²) in [5, 5.41) is 10.8. The molecule has 0 unspecified atom stereocenters. The lowest BCUT2D eigenvalue weighted by molar-refractivity contribution is -0.137. The molecule has 2 N–H and O–H groups in total. The number of amides is 1. The van der Waals surface area contributed by atoms with Gasteiger partial charge >= 0.3 is 6.18 Å². The van der Waals surface area contributed by atoms with Crippen LogP contribution in [0.5, 0.6) is 0 Å². The van der Waals surface area contributed by atoms with Gasteiger partial charge in [-0.1, -0.05) is 12.1 Å². The van der Waals surface area contributed by atoms with Crippen molar-refractivity contribution in [3.63, 3.8) is 0 Å². The van der Waals surface area contributed by atoms with Crippen LogP contribution in [-0.4, -0.2) is 25.2 Å². The van der Waals surface area contributed by atoms with E-state index < -0.39 is 17.6 Å². The highest BCUT2D eigenvalue weighted by Gasteiger charge is 2.31. The number of aromatic nitrogens is 4. The lowest BCUT2D eigenvalue weighted by Crippen LogP contribution is -2.20. The van der Waals surface area contributed by atoms with Crippen molar-refractivity contribution >= 4 is 34.1 Å². The van der Waals surface area contributed by atoms with E-state index in [4.69, 9.17) is 0 Å². The van der Waals surface area contributed by atoms with E-state index in [0.717, 1.165) is 28.9 Å². The zero-order valence-corrected chi connectivity index (χ0v) is 21.9. The molecule has 0 saturated carbocycles. The van der Waals surface area contributed by atoms with Crippen LogP contribution in [0.2, 0.25) is 0 Å². The van der Waals surface area contributed by atoms with Crippen molar-refractivity contribution in [1.29, 1.82) is 0 Å². The maximum atomic E-state index is 13.5. The molecule has 0 bridgehead atoms. The number of alkyl halides is 3. The Hall–Kier alpha value is -4.93. The zero-order valence-electron chi connectivity index (χ0n) is 21.9. The van der Waals surface area contributed by atoms with Crippen LogP contribution < -0.4 is 16.2 Å². The third kappa shape index (κ3) is 5.18. The number of nitrogens with zero attached hydrogens (tertiary/aromatic N) is 4. The van der Waals surface area contributed by atoms with Gasteiger partial charge in [0.15, 0.2) is 0 Å². The van der Waals surface area contributed by atoms with Crippen LogP contribution in [0, 0.1) is 6.92 Å². The highest BCUT2D eigenvalue weighted by molar-refractivity contribution is 6.04. The molecule has 5 aromatic rings. The van der Waals surface area contributed by atoms with Crippen molar-refractivity contribution in [2.24, 2.45) is 7.05 Å². The van der Waals surface area contributed by atoms with Crippen molar-refractivity contribution in [2.45, 2.75) is 26.6 Å². The van der Waals surface area contributed by atoms with Gasteiger partial charge in [-0.2, -0.15) is 18.3 Å². The van der Waals surface area contributed by atoms with E-state index in [-0.39, 0.29) is 11.1 Å². The number of fused-ring (bicyclic) bond motifs is 1. The first-order valence-electron chi connectivity index (χ1n) is 12.4. The largest absolute Gasteiger partial charge is 0.416 e. The number of rotatable bonds is 6. The van der Waals surface area contributed by atoms with Crippen LogP contribution >= 0.6 is 0 Å². The average molecular weight is 547 g/mol. The minimum absolute atomic E-state index is 0.129. The van der Waals surface area contributed by atoms with E-state index in [2.05, 4.69) is 20.7 Å². The Morgan fingerprint density at radius 2 is 1.82 bits per heavy atom. The molecule has 0 fully saturated rings. The molecule has 2 aromatic carbocycles. The van der Waals surface area contributed by atoms with E-state index in [0.29, 0.717) is 34.7 Å². The first-order valence-corrected chi connectivity index (χ1v) is 12.4. The normalized spacial score (nSPS) is 11.6. The molecule has 204 valence electrons. The average Bonchev–Trinajstić information content (AvgIpc) is 3.38. The minimum Gasteiger partial charge on any atom is -0.325 e. The number of pyridine rings is 2. The topological polar surface area (TPSA) is 93.8 Å². The molecule has 8 nitrogen and oxygen atoms in total. The number of hydrogen-bond acceptors (Lipinski definition) is 5. The molecule has 0 aliphatic carbocycles. The summed E-state index contributed by atoms with van der Waals surface area (Å²) in [5.74, 6) is 0.637. The zero-order chi connectivity index (χ0) is 28.6. The van der Waals surface area contributed by atoms with Gasteiger partial charge in [-0.05, 0) is 61.4 Å². The second-order valence-corrected chi connectivity index (χ2v) is 9.27. The summed E-state index contributed by atoms with van der Waals surface area (Å²) in [5.41, 5.74) is 1.48. The second-order valence-electron chi connectivity index (χ2n) is 9.27. The first kappa shape index (κ1) is 26.7. The molecule has 3 heterocycles. The summed E-state index contributed by atoms with van der Waals surface area (Å²) < 4.78 is 42.6. The minimum atomic E-state index is -4.56. The first-order chi connectivity index (χ1) is 19.0. The molecule has 0 aliphatic heterocycles. The molecular formula is C29H25F3N6O2. The number of hydrogen-bond donors (Lipinski definition) is 2. The van der Waals surface area contributed by atoms with Gasteiger partial charge in [-0.3, -0.25) is 9.59 Å². The molecule has 0 saturated heterocycles. The molecule has 0 radical (unpaired) electrons. The molecule has 3 aromatic heterocycles. The van der Waals surface area contributed by atoms with Crippen molar-refractivity contribution < 1.29 is 18.0 Å². The maximum absolute atomic E-state index is 13.5. The fraction of sp³-hybridized carbons (Fsp3) is 0.172.